The van der Waals surface area contributed by atoms with Crippen molar-refractivity contribution in [2.24, 2.45) is 0 Å². The van der Waals surface area contributed by atoms with Crippen LogP contribution in [0.1, 0.15) is 10.5 Å². The van der Waals surface area contributed by atoms with Crippen LogP contribution in [0, 0.1) is 0 Å². The molecule has 6 heteroatoms. The van der Waals surface area contributed by atoms with E-state index in [2.05, 4.69) is 26.2 Å². The van der Waals surface area contributed by atoms with Crippen LogP contribution in [0.2, 0.25) is 10.2 Å². The van der Waals surface area contributed by atoms with Crippen LogP contribution in [-0.4, -0.2) is 10.9 Å². The number of aromatic amines is 1. The first kappa shape index (κ1) is 12.5. The van der Waals surface area contributed by atoms with Crippen molar-refractivity contribution in [3.05, 3.63) is 50.7 Å². The van der Waals surface area contributed by atoms with Crippen molar-refractivity contribution in [3.63, 3.8) is 0 Å². The van der Waals surface area contributed by atoms with Gasteiger partial charge < -0.3 is 10.3 Å². The van der Waals surface area contributed by atoms with Crippen LogP contribution in [0.3, 0.4) is 0 Å². The molecule has 1 aromatic carbocycles. The molecular weight excluding hydrogens is 327 g/mol. The van der Waals surface area contributed by atoms with Crippen LogP contribution < -0.4 is 5.32 Å². The smallest absolute Gasteiger partial charge is 0.272 e. The predicted molar refractivity (Wildman–Crippen MR) is 72.9 cm³/mol. The van der Waals surface area contributed by atoms with Crippen LogP contribution in [0.4, 0.5) is 5.69 Å². The third-order valence-corrected chi connectivity index (χ3v) is 3.48. The highest BCUT2D eigenvalue weighted by Crippen LogP contribution is 2.24. The van der Waals surface area contributed by atoms with E-state index in [9.17, 15) is 4.79 Å². The number of carbonyl (C=O) groups is 1. The topological polar surface area (TPSA) is 44.9 Å². The maximum Gasteiger partial charge on any atom is 0.272 e. The van der Waals surface area contributed by atoms with Crippen molar-refractivity contribution in [1.29, 1.82) is 0 Å². The van der Waals surface area contributed by atoms with E-state index in [1.165, 1.54) is 6.07 Å². The van der Waals surface area contributed by atoms with E-state index in [1.807, 2.05) is 18.2 Å². The summed E-state index contributed by atoms with van der Waals surface area (Å²) in [6.45, 7) is 0. The summed E-state index contributed by atoms with van der Waals surface area (Å²) in [5.41, 5.74) is 0.995. The Morgan fingerprint density at radius 3 is 2.59 bits per heavy atom. The molecule has 1 aromatic heterocycles. The van der Waals surface area contributed by atoms with Crippen LogP contribution in [0.5, 0.6) is 0 Å². The average Bonchev–Trinajstić information content (AvgIpc) is 2.63. The van der Waals surface area contributed by atoms with E-state index in [0.29, 0.717) is 16.4 Å². The quantitative estimate of drug-likeness (QED) is 0.843. The number of nitrogens with one attached hydrogen (secondary N) is 2. The van der Waals surface area contributed by atoms with Crippen molar-refractivity contribution in [2.75, 3.05) is 5.32 Å². The monoisotopic (exact) mass is 332 g/mol. The summed E-state index contributed by atoms with van der Waals surface area (Å²) >= 11 is 14.8. The highest BCUT2D eigenvalue weighted by atomic mass is 79.9. The Labute approximate surface area is 116 Å². The number of carbonyl (C=O) groups excluding carboxylic acids is 1. The van der Waals surface area contributed by atoms with E-state index in [1.54, 1.807) is 6.07 Å². The molecule has 2 rings (SSSR count). The molecule has 0 aliphatic carbocycles. The Bertz CT molecular complexity index is 549. The Hall–Kier alpha value is -0.970. The molecule has 0 unspecified atom stereocenters. The lowest BCUT2D eigenvalue weighted by atomic mass is 10.3. The second-order valence-corrected chi connectivity index (χ2v) is 4.92. The summed E-state index contributed by atoms with van der Waals surface area (Å²) in [6.07, 6.45) is 0. The number of para-hydroxylation sites is 1. The Morgan fingerprint density at radius 1 is 1.29 bits per heavy atom. The lowest BCUT2D eigenvalue weighted by Crippen LogP contribution is -2.12. The number of halogens is 3. The summed E-state index contributed by atoms with van der Waals surface area (Å²) in [4.78, 5) is 14.5. The van der Waals surface area contributed by atoms with Gasteiger partial charge in [-0.15, -0.1) is 0 Å². The molecule has 0 bridgehead atoms. The van der Waals surface area contributed by atoms with Gasteiger partial charge >= 0.3 is 0 Å². The molecule has 1 heterocycles. The zero-order chi connectivity index (χ0) is 12.4. The molecule has 0 saturated carbocycles. The number of hydrogen-bond acceptors (Lipinski definition) is 1. The van der Waals surface area contributed by atoms with Gasteiger partial charge in [0.2, 0.25) is 0 Å². The normalized spacial score (nSPS) is 10.3. The van der Waals surface area contributed by atoms with E-state index in [0.717, 1.165) is 4.47 Å². The predicted octanol–water partition coefficient (Wildman–Crippen LogP) is 4.34. The van der Waals surface area contributed by atoms with E-state index in [4.69, 9.17) is 23.2 Å². The average molecular weight is 334 g/mol. The number of benzene rings is 1. The van der Waals surface area contributed by atoms with Crippen LogP contribution in [0.15, 0.2) is 34.8 Å². The highest BCUT2D eigenvalue weighted by molar-refractivity contribution is 9.10. The molecule has 17 heavy (non-hydrogen) atoms. The van der Waals surface area contributed by atoms with Gasteiger partial charge in [-0.25, -0.2) is 0 Å². The van der Waals surface area contributed by atoms with Crippen molar-refractivity contribution in [1.82, 2.24) is 4.98 Å². The fourth-order valence-electron chi connectivity index (χ4n) is 1.28. The van der Waals surface area contributed by atoms with Gasteiger partial charge in [-0.05, 0) is 34.1 Å². The van der Waals surface area contributed by atoms with Crippen LogP contribution in [0.25, 0.3) is 0 Å². The Morgan fingerprint density at radius 2 is 2.00 bits per heavy atom. The molecule has 0 saturated heterocycles. The second-order valence-electron chi connectivity index (χ2n) is 3.28. The molecule has 0 radical (unpaired) electrons. The zero-order valence-corrected chi connectivity index (χ0v) is 11.5. The van der Waals surface area contributed by atoms with Gasteiger partial charge in [0.1, 0.15) is 10.8 Å². The first-order valence-corrected chi connectivity index (χ1v) is 6.22. The molecule has 0 atom stereocenters. The molecule has 88 valence electrons. The molecular formula is C11H7BrCl2N2O. The molecule has 0 spiro atoms. The summed E-state index contributed by atoms with van der Waals surface area (Å²) in [6, 6.07) is 8.80. The van der Waals surface area contributed by atoms with Gasteiger partial charge in [0, 0.05) is 4.47 Å². The number of rotatable bonds is 2. The summed E-state index contributed by atoms with van der Waals surface area (Å²) < 4.78 is 0.803. The van der Waals surface area contributed by atoms with Gasteiger partial charge in [-0.1, -0.05) is 35.3 Å². The lowest BCUT2D eigenvalue weighted by molar-refractivity contribution is 0.102. The SMILES string of the molecule is O=C(Nc1ccccc1Br)c1cc(Cl)c(Cl)[nH]1. The van der Waals surface area contributed by atoms with Gasteiger partial charge in [-0.2, -0.15) is 0 Å². The molecule has 0 aliphatic rings. The number of H-pyrrole nitrogens is 1. The van der Waals surface area contributed by atoms with E-state index < -0.39 is 0 Å². The maximum atomic E-state index is 11.9. The standard InChI is InChI=1S/C11H7BrCl2N2O/c12-6-3-1-2-4-8(6)16-11(17)9-5-7(13)10(14)15-9/h1-5,15H,(H,16,17). The third kappa shape index (κ3) is 2.83. The van der Waals surface area contributed by atoms with Crippen molar-refractivity contribution in [3.8, 4) is 0 Å². The lowest BCUT2D eigenvalue weighted by Gasteiger charge is -2.05. The first-order valence-electron chi connectivity index (χ1n) is 4.68. The molecule has 0 aliphatic heterocycles. The van der Waals surface area contributed by atoms with Crippen molar-refractivity contribution in [2.45, 2.75) is 0 Å². The minimum Gasteiger partial charge on any atom is -0.340 e. The van der Waals surface area contributed by atoms with Gasteiger partial charge in [0.05, 0.1) is 10.7 Å². The summed E-state index contributed by atoms with van der Waals surface area (Å²) in [5, 5.41) is 3.31. The van der Waals surface area contributed by atoms with Crippen molar-refractivity contribution < 1.29 is 4.79 Å². The number of aromatic nitrogens is 1. The number of amides is 1. The third-order valence-electron chi connectivity index (χ3n) is 2.09. The second kappa shape index (κ2) is 5.12. The number of hydrogen-bond donors (Lipinski definition) is 2. The summed E-state index contributed by atoms with van der Waals surface area (Å²) in [7, 11) is 0. The van der Waals surface area contributed by atoms with Crippen LogP contribution in [-0.2, 0) is 0 Å². The molecule has 1 amide bonds. The fourth-order valence-corrected chi connectivity index (χ4v) is 1.98. The summed E-state index contributed by atoms with van der Waals surface area (Å²) in [5.74, 6) is -0.300. The van der Waals surface area contributed by atoms with Gasteiger partial charge in [0.25, 0.3) is 5.91 Å². The minimum atomic E-state index is -0.300. The van der Waals surface area contributed by atoms with E-state index >= 15 is 0 Å². The Balaban J connectivity index is 2.20. The molecule has 3 nitrogen and oxygen atoms in total. The van der Waals surface area contributed by atoms with Gasteiger partial charge in [0.15, 0.2) is 0 Å². The van der Waals surface area contributed by atoms with Crippen molar-refractivity contribution >= 4 is 50.7 Å². The molecule has 2 aromatic rings. The van der Waals surface area contributed by atoms with Crippen LogP contribution >= 0.6 is 39.1 Å². The first-order chi connectivity index (χ1) is 8.08. The number of anilines is 1. The fraction of sp³-hybridized carbons (Fsp3) is 0. The van der Waals surface area contributed by atoms with Gasteiger partial charge in [-0.3, -0.25) is 4.79 Å². The zero-order valence-electron chi connectivity index (χ0n) is 8.43. The minimum absolute atomic E-state index is 0.254. The van der Waals surface area contributed by atoms with E-state index in [-0.39, 0.29) is 11.1 Å². The molecule has 2 N–H and O–H groups in total. The highest BCUT2D eigenvalue weighted by Gasteiger charge is 2.12. The molecule has 0 fully saturated rings. The maximum absolute atomic E-state index is 11.9. The Kier molecular flexibility index (Phi) is 3.76. The largest absolute Gasteiger partial charge is 0.340 e.